The maximum Gasteiger partial charge on any atom is 0.319 e. The molecule has 9 heteroatoms. The molecule has 1 fully saturated rings. The molecule has 1 aromatic heterocycles. The Labute approximate surface area is 154 Å². The molecule has 6 nitrogen and oxygen atoms in total. The van der Waals surface area contributed by atoms with E-state index in [-0.39, 0.29) is 12.6 Å². The monoisotopic (exact) mass is 380 g/mol. The van der Waals surface area contributed by atoms with Crippen molar-refractivity contribution in [3.63, 3.8) is 0 Å². The highest BCUT2D eigenvalue weighted by molar-refractivity contribution is 5.89. The molecular weight excluding hydrogens is 361 g/mol. The number of amides is 2. The van der Waals surface area contributed by atoms with Gasteiger partial charge in [0.15, 0.2) is 17.5 Å². The van der Waals surface area contributed by atoms with E-state index in [0.29, 0.717) is 6.61 Å². The number of morpholine rings is 1. The van der Waals surface area contributed by atoms with Crippen LogP contribution in [0.15, 0.2) is 30.5 Å². The van der Waals surface area contributed by atoms with Crippen molar-refractivity contribution in [3.8, 4) is 0 Å². The quantitative estimate of drug-likeness (QED) is 0.801. The van der Waals surface area contributed by atoms with Gasteiger partial charge in [-0.1, -0.05) is 6.07 Å². The molecule has 0 spiro atoms. The number of hydrogen-bond donors (Lipinski definition) is 2. The Hall–Kier alpha value is -2.81. The van der Waals surface area contributed by atoms with Gasteiger partial charge in [-0.15, -0.1) is 0 Å². The number of carbonyl (C=O) groups excluding carboxylic acids is 1. The summed E-state index contributed by atoms with van der Waals surface area (Å²) in [6, 6.07) is 4.62. The first-order chi connectivity index (χ1) is 12.9. The summed E-state index contributed by atoms with van der Waals surface area (Å²) in [5, 5.41) is 4.65. The number of anilines is 2. The predicted octanol–water partition coefficient (Wildman–Crippen LogP) is 3.05. The van der Waals surface area contributed by atoms with Crippen LogP contribution >= 0.6 is 0 Å². The van der Waals surface area contributed by atoms with E-state index in [1.807, 2.05) is 19.1 Å². The van der Waals surface area contributed by atoms with E-state index in [9.17, 15) is 18.0 Å². The van der Waals surface area contributed by atoms with Gasteiger partial charge in [0.2, 0.25) is 0 Å². The third kappa shape index (κ3) is 4.68. The Balaban J connectivity index is 1.54. The first kappa shape index (κ1) is 19.0. The molecule has 27 heavy (non-hydrogen) atoms. The second kappa shape index (κ2) is 8.26. The number of pyridine rings is 1. The molecule has 1 atom stereocenters. The number of aromatic nitrogens is 1. The molecule has 0 aliphatic carbocycles. The normalized spacial score (nSPS) is 16.9. The average Bonchev–Trinajstić information content (AvgIpc) is 2.67. The highest BCUT2D eigenvalue weighted by Crippen LogP contribution is 2.19. The van der Waals surface area contributed by atoms with Crippen molar-refractivity contribution in [1.29, 1.82) is 0 Å². The van der Waals surface area contributed by atoms with Gasteiger partial charge in [0.1, 0.15) is 5.82 Å². The zero-order valence-electron chi connectivity index (χ0n) is 14.6. The third-order valence-electron chi connectivity index (χ3n) is 4.11. The smallest absolute Gasteiger partial charge is 0.319 e. The number of nitrogens with one attached hydrogen (secondary N) is 2. The average molecular weight is 380 g/mol. The van der Waals surface area contributed by atoms with E-state index < -0.39 is 29.2 Å². The van der Waals surface area contributed by atoms with E-state index in [4.69, 9.17) is 4.74 Å². The van der Waals surface area contributed by atoms with Gasteiger partial charge in [-0.25, -0.2) is 22.9 Å². The van der Waals surface area contributed by atoms with Crippen molar-refractivity contribution in [1.82, 2.24) is 10.3 Å². The summed E-state index contributed by atoms with van der Waals surface area (Å²) >= 11 is 0. The number of rotatable bonds is 4. The number of carbonyl (C=O) groups is 1. The highest BCUT2D eigenvalue weighted by atomic mass is 19.2. The van der Waals surface area contributed by atoms with E-state index in [1.165, 1.54) is 0 Å². The summed E-state index contributed by atoms with van der Waals surface area (Å²) in [6.07, 6.45) is 1.77. The van der Waals surface area contributed by atoms with Crippen LogP contribution in [0.1, 0.15) is 12.5 Å². The van der Waals surface area contributed by atoms with Crippen molar-refractivity contribution in [2.75, 3.05) is 29.9 Å². The molecule has 2 aromatic rings. The van der Waals surface area contributed by atoms with Gasteiger partial charge < -0.3 is 20.3 Å². The predicted molar refractivity (Wildman–Crippen MR) is 94.0 cm³/mol. The fraction of sp³-hybridized carbons (Fsp3) is 0.333. The lowest BCUT2D eigenvalue weighted by Gasteiger charge is -2.32. The maximum atomic E-state index is 13.6. The van der Waals surface area contributed by atoms with Crippen LogP contribution in [-0.2, 0) is 11.3 Å². The minimum absolute atomic E-state index is 0.141. The van der Waals surface area contributed by atoms with Crippen molar-refractivity contribution >= 4 is 17.5 Å². The molecular formula is C18H19F3N4O2. The number of nitrogens with zero attached hydrogens (tertiary/aromatic N) is 2. The van der Waals surface area contributed by atoms with Crippen LogP contribution in [-0.4, -0.2) is 36.8 Å². The van der Waals surface area contributed by atoms with Crippen molar-refractivity contribution in [2.45, 2.75) is 19.6 Å². The van der Waals surface area contributed by atoms with Crippen molar-refractivity contribution in [2.24, 2.45) is 0 Å². The second-order valence-corrected chi connectivity index (χ2v) is 6.18. The molecule has 1 unspecified atom stereocenters. The zero-order chi connectivity index (χ0) is 19.4. The van der Waals surface area contributed by atoms with Gasteiger partial charge in [0.05, 0.1) is 18.4 Å². The van der Waals surface area contributed by atoms with Crippen molar-refractivity contribution in [3.05, 3.63) is 53.5 Å². The fourth-order valence-corrected chi connectivity index (χ4v) is 2.71. The van der Waals surface area contributed by atoms with Crippen LogP contribution in [0.25, 0.3) is 0 Å². The number of benzene rings is 1. The molecule has 1 aliphatic rings. The first-order valence-corrected chi connectivity index (χ1v) is 8.44. The lowest BCUT2D eigenvalue weighted by molar-refractivity contribution is 0.0529. The van der Waals surface area contributed by atoms with E-state index in [0.717, 1.165) is 36.6 Å². The highest BCUT2D eigenvalue weighted by Gasteiger charge is 2.18. The van der Waals surface area contributed by atoms with Gasteiger partial charge in [-0.2, -0.15) is 0 Å². The number of halogens is 3. The minimum Gasteiger partial charge on any atom is -0.375 e. The van der Waals surface area contributed by atoms with Crippen LogP contribution in [0, 0.1) is 17.5 Å². The molecule has 2 heterocycles. The fourth-order valence-electron chi connectivity index (χ4n) is 2.71. The Morgan fingerprint density at radius 1 is 1.26 bits per heavy atom. The topological polar surface area (TPSA) is 66.5 Å². The number of urea groups is 1. The van der Waals surface area contributed by atoms with Crippen molar-refractivity contribution < 1.29 is 22.7 Å². The first-order valence-electron chi connectivity index (χ1n) is 8.44. The van der Waals surface area contributed by atoms with Crippen LogP contribution in [0.4, 0.5) is 29.5 Å². The largest absolute Gasteiger partial charge is 0.375 e. The summed E-state index contributed by atoms with van der Waals surface area (Å²) in [5.74, 6) is -3.58. The Kier molecular flexibility index (Phi) is 5.80. The SMILES string of the molecule is CC1CN(c2ccc(CNC(=O)Nc3ccc(F)c(F)c3F)cn2)CCO1. The summed E-state index contributed by atoms with van der Waals surface area (Å²) < 4.78 is 45.1. The molecule has 0 saturated carbocycles. The lowest BCUT2D eigenvalue weighted by Crippen LogP contribution is -2.41. The third-order valence-corrected chi connectivity index (χ3v) is 4.11. The standard InChI is InChI=1S/C18H19F3N4O2/c1-11-10-25(6-7-27-11)15-5-2-12(8-22-15)9-23-18(26)24-14-4-3-13(19)16(20)17(14)21/h2-5,8,11H,6-7,9-10H2,1H3,(H2,23,24,26). The number of hydrogen-bond acceptors (Lipinski definition) is 4. The van der Waals surface area contributed by atoms with Gasteiger partial charge in [0, 0.05) is 25.8 Å². The number of ether oxygens (including phenoxy) is 1. The molecule has 1 aliphatic heterocycles. The summed E-state index contributed by atoms with van der Waals surface area (Å²) in [5.41, 5.74) is 0.294. The lowest BCUT2D eigenvalue weighted by atomic mass is 10.2. The zero-order valence-corrected chi connectivity index (χ0v) is 14.6. The van der Waals surface area contributed by atoms with Crippen LogP contribution in [0.3, 0.4) is 0 Å². The summed E-state index contributed by atoms with van der Waals surface area (Å²) in [6.45, 7) is 4.31. The molecule has 1 aromatic carbocycles. The Bertz CT molecular complexity index is 817. The van der Waals surface area contributed by atoms with E-state index >= 15 is 0 Å². The van der Waals surface area contributed by atoms with Gasteiger partial charge >= 0.3 is 6.03 Å². The van der Waals surface area contributed by atoms with E-state index in [1.54, 1.807) is 6.20 Å². The second-order valence-electron chi connectivity index (χ2n) is 6.18. The molecule has 0 radical (unpaired) electrons. The maximum absolute atomic E-state index is 13.6. The Morgan fingerprint density at radius 3 is 2.78 bits per heavy atom. The molecule has 1 saturated heterocycles. The minimum atomic E-state index is -1.63. The molecule has 144 valence electrons. The summed E-state index contributed by atoms with van der Waals surface area (Å²) in [7, 11) is 0. The van der Waals surface area contributed by atoms with Crippen LogP contribution in [0.2, 0.25) is 0 Å². The van der Waals surface area contributed by atoms with Crippen LogP contribution < -0.4 is 15.5 Å². The summed E-state index contributed by atoms with van der Waals surface area (Å²) in [4.78, 5) is 18.3. The van der Waals surface area contributed by atoms with Crippen LogP contribution in [0.5, 0.6) is 0 Å². The molecule has 3 rings (SSSR count). The van der Waals surface area contributed by atoms with Gasteiger partial charge in [-0.05, 0) is 30.7 Å². The van der Waals surface area contributed by atoms with Gasteiger partial charge in [0.25, 0.3) is 0 Å². The molecule has 0 bridgehead atoms. The molecule has 2 amide bonds. The molecule has 2 N–H and O–H groups in total. The van der Waals surface area contributed by atoms with E-state index in [2.05, 4.69) is 20.5 Å². The van der Waals surface area contributed by atoms with Gasteiger partial charge in [-0.3, -0.25) is 0 Å². The Morgan fingerprint density at radius 2 is 2.07 bits per heavy atom.